The van der Waals surface area contributed by atoms with E-state index in [0.29, 0.717) is 22.9 Å². The number of aromatic nitrogens is 1. The summed E-state index contributed by atoms with van der Waals surface area (Å²) in [6.45, 7) is 4.16. The third kappa shape index (κ3) is 2.70. The van der Waals surface area contributed by atoms with Gasteiger partial charge < -0.3 is 14.4 Å². The van der Waals surface area contributed by atoms with Gasteiger partial charge >= 0.3 is 5.97 Å². The Bertz CT molecular complexity index is 649. The SMILES string of the molecule is COc1cc(C(C)C)c(Br)cc1-c1cc(C(=O)O)on1. The fourth-order valence-corrected chi connectivity index (χ4v) is 2.68. The van der Waals surface area contributed by atoms with Gasteiger partial charge in [-0.25, -0.2) is 4.79 Å². The second-order valence-corrected chi connectivity index (χ2v) is 5.46. The van der Waals surface area contributed by atoms with Crippen LogP contribution >= 0.6 is 15.9 Å². The van der Waals surface area contributed by atoms with Crippen molar-refractivity contribution in [1.82, 2.24) is 5.16 Å². The number of hydrogen-bond acceptors (Lipinski definition) is 4. The molecule has 0 saturated heterocycles. The third-order valence-corrected chi connectivity index (χ3v) is 3.62. The monoisotopic (exact) mass is 339 g/mol. The lowest BCUT2D eigenvalue weighted by Gasteiger charge is -2.13. The lowest BCUT2D eigenvalue weighted by molar-refractivity contribution is 0.0652. The van der Waals surface area contributed by atoms with E-state index in [1.807, 2.05) is 12.1 Å². The Morgan fingerprint density at radius 1 is 1.40 bits per heavy atom. The zero-order chi connectivity index (χ0) is 14.9. The van der Waals surface area contributed by atoms with Gasteiger partial charge in [-0.15, -0.1) is 0 Å². The van der Waals surface area contributed by atoms with Gasteiger partial charge in [0.2, 0.25) is 5.76 Å². The molecule has 1 N–H and O–H groups in total. The molecule has 5 nitrogen and oxygen atoms in total. The molecular weight excluding hydrogens is 326 g/mol. The predicted octanol–water partition coefficient (Wildman–Crippen LogP) is 3.93. The van der Waals surface area contributed by atoms with Crippen LogP contribution in [-0.4, -0.2) is 23.3 Å². The first-order valence-corrected chi connectivity index (χ1v) is 6.81. The van der Waals surface area contributed by atoms with Gasteiger partial charge in [-0.2, -0.15) is 0 Å². The maximum Gasteiger partial charge on any atom is 0.374 e. The number of hydrogen-bond donors (Lipinski definition) is 1. The topological polar surface area (TPSA) is 72.6 Å². The quantitative estimate of drug-likeness (QED) is 0.913. The van der Waals surface area contributed by atoms with E-state index in [-0.39, 0.29) is 5.76 Å². The van der Waals surface area contributed by atoms with E-state index >= 15 is 0 Å². The van der Waals surface area contributed by atoms with Crippen molar-refractivity contribution >= 4 is 21.9 Å². The van der Waals surface area contributed by atoms with Gasteiger partial charge in [0.1, 0.15) is 11.4 Å². The van der Waals surface area contributed by atoms with Crippen molar-refractivity contribution in [3.8, 4) is 17.0 Å². The lowest BCUT2D eigenvalue weighted by atomic mass is 9.99. The maximum absolute atomic E-state index is 10.8. The van der Waals surface area contributed by atoms with E-state index in [1.165, 1.54) is 6.07 Å². The molecule has 0 radical (unpaired) electrons. The molecule has 0 amide bonds. The molecule has 1 heterocycles. The number of carbonyl (C=O) groups is 1. The smallest absolute Gasteiger partial charge is 0.374 e. The second-order valence-electron chi connectivity index (χ2n) is 4.61. The average Bonchev–Trinajstić information content (AvgIpc) is 2.87. The number of nitrogens with zero attached hydrogens (tertiary/aromatic N) is 1. The Hall–Kier alpha value is -1.82. The molecule has 0 aliphatic rings. The Balaban J connectivity index is 2.55. The summed E-state index contributed by atoms with van der Waals surface area (Å²) in [6, 6.07) is 5.15. The number of carboxylic acids is 1. The summed E-state index contributed by atoms with van der Waals surface area (Å²) < 4.78 is 11.1. The minimum absolute atomic E-state index is 0.203. The molecule has 20 heavy (non-hydrogen) atoms. The van der Waals surface area contributed by atoms with Crippen LogP contribution in [-0.2, 0) is 0 Å². The molecule has 106 valence electrons. The second kappa shape index (κ2) is 5.66. The molecule has 1 aromatic heterocycles. The number of ether oxygens (including phenoxy) is 1. The third-order valence-electron chi connectivity index (χ3n) is 2.94. The molecule has 1 aromatic carbocycles. The zero-order valence-electron chi connectivity index (χ0n) is 11.3. The Morgan fingerprint density at radius 2 is 2.10 bits per heavy atom. The van der Waals surface area contributed by atoms with Crippen molar-refractivity contribution < 1.29 is 19.2 Å². The molecule has 0 atom stereocenters. The van der Waals surface area contributed by atoms with Crippen LogP contribution in [0.15, 0.2) is 27.2 Å². The number of aromatic carboxylic acids is 1. The highest BCUT2D eigenvalue weighted by atomic mass is 79.9. The van der Waals surface area contributed by atoms with E-state index in [1.54, 1.807) is 7.11 Å². The first-order valence-electron chi connectivity index (χ1n) is 6.01. The summed E-state index contributed by atoms with van der Waals surface area (Å²) in [5.74, 6) is -0.395. The van der Waals surface area contributed by atoms with Crippen LogP contribution in [0.4, 0.5) is 0 Å². The molecule has 0 saturated carbocycles. The number of halogens is 1. The highest BCUT2D eigenvalue weighted by molar-refractivity contribution is 9.10. The number of benzene rings is 1. The molecule has 0 fully saturated rings. The molecule has 0 aliphatic carbocycles. The van der Waals surface area contributed by atoms with Crippen LogP contribution in [0.2, 0.25) is 0 Å². The normalized spacial score (nSPS) is 10.8. The fraction of sp³-hybridized carbons (Fsp3) is 0.286. The Morgan fingerprint density at radius 3 is 2.60 bits per heavy atom. The van der Waals surface area contributed by atoms with Crippen LogP contribution in [0.3, 0.4) is 0 Å². The van der Waals surface area contributed by atoms with Crippen LogP contribution in [0, 0.1) is 0 Å². The van der Waals surface area contributed by atoms with E-state index < -0.39 is 5.97 Å². The molecule has 0 aliphatic heterocycles. The first kappa shape index (κ1) is 14.6. The zero-order valence-corrected chi connectivity index (χ0v) is 12.9. The maximum atomic E-state index is 10.8. The van der Waals surface area contributed by atoms with Crippen LogP contribution in [0.5, 0.6) is 5.75 Å². The van der Waals surface area contributed by atoms with Crippen LogP contribution in [0.25, 0.3) is 11.3 Å². The largest absolute Gasteiger partial charge is 0.496 e. The molecule has 6 heteroatoms. The van der Waals surface area contributed by atoms with Crippen molar-refractivity contribution in [3.05, 3.63) is 34.0 Å². The molecule has 0 spiro atoms. The Kier molecular flexibility index (Phi) is 4.13. The summed E-state index contributed by atoms with van der Waals surface area (Å²) in [5, 5.41) is 12.6. The van der Waals surface area contributed by atoms with E-state index in [0.717, 1.165) is 10.0 Å². The fourth-order valence-electron chi connectivity index (χ4n) is 1.88. The van der Waals surface area contributed by atoms with Crippen molar-refractivity contribution in [2.24, 2.45) is 0 Å². The van der Waals surface area contributed by atoms with Crippen LogP contribution < -0.4 is 4.74 Å². The van der Waals surface area contributed by atoms with Gasteiger partial charge in [0.25, 0.3) is 0 Å². The number of rotatable bonds is 4. The van der Waals surface area contributed by atoms with E-state index in [9.17, 15) is 4.79 Å². The average molecular weight is 340 g/mol. The van der Waals surface area contributed by atoms with E-state index in [2.05, 4.69) is 34.9 Å². The van der Waals surface area contributed by atoms with Crippen molar-refractivity contribution in [2.75, 3.05) is 7.11 Å². The highest BCUT2D eigenvalue weighted by Gasteiger charge is 2.18. The summed E-state index contributed by atoms with van der Waals surface area (Å²) >= 11 is 3.51. The molecule has 0 unspecified atom stereocenters. The van der Waals surface area contributed by atoms with Crippen molar-refractivity contribution in [3.63, 3.8) is 0 Å². The van der Waals surface area contributed by atoms with Crippen LogP contribution in [0.1, 0.15) is 35.9 Å². The molecule has 2 rings (SSSR count). The molecule has 2 aromatic rings. The molecular formula is C14H14BrNO4. The summed E-state index contributed by atoms with van der Waals surface area (Å²) in [6.07, 6.45) is 0. The summed E-state index contributed by atoms with van der Waals surface area (Å²) in [7, 11) is 1.56. The van der Waals surface area contributed by atoms with Gasteiger partial charge in [0, 0.05) is 16.1 Å². The number of methoxy groups -OCH3 is 1. The van der Waals surface area contributed by atoms with Gasteiger partial charge in [0.05, 0.1) is 7.11 Å². The number of carboxylic acid groups (broad SMARTS) is 1. The van der Waals surface area contributed by atoms with Gasteiger partial charge in [-0.05, 0) is 23.6 Å². The lowest BCUT2D eigenvalue weighted by Crippen LogP contribution is -1.95. The minimum atomic E-state index is -1.15. The van der Waals surface area contributed by atoms with Gasteiger partial charge in [0.15, 0.2) is 0 Å². The standard InChI is InChI=1S/C14H14BrNO4/c1-7(2)8-5-12(19-3)9(4-10(8)15)11-6-13(14(17)18)20-16-11/h4-7H,1-3H3,(H,17,18). The summed E-state index contributed by atoms with van der Waals surface area (Å²) in [5.41, 5.74) is 2.21. The minimum Gasteiger partial charge on any atom is -0.496 e. The van der Waals surface area contributed by atoms with Crippen molar-refractivity contribution in [2.45, 2.75) is 19.8 Å². The van der Waals surface area contributed by atoms with Gasteiger partial charge in [-0.1, -0.05) is 34.9 Å². The van der Waals surface area contributed by atoms with Gasteiger partial charge in [-0.3, -0.25) is 0 Å². The highest BCUT2D eigenvalue weighted by Crippen LogP contribution is 2.37. The predicted molar refractivity (Wildman–Crippen MR) is 77.2 cm³/mol. The molecule has 0 bridgehead atoms. The van der Waals surface area contributed by atoms with Crippen molar-refractivity contribution in [1.29, 1.82) is 0 Å². The first-order chi connectivity index (χ1) is 9.43. The van der Waals surface area contributed by atoms with E-state index in [4.69, 9.17) is 14.4 Å². The summed E-state index contributed by atoms with van der Waals surface area (Å²) in [4.78, 5) is 10.8. The Labute approximate surface area is 124 Å².